The lowest BCUT2D eigenvalue weighted by Gasteiger charge is -2.12. The Kier molecular flexibility index (Phi) is 3.24. The highest BCUT2D eigenvalue weighted by Gasteiger charge is 2.25. The van der Waals surface area contributed by atoms with Crippen LogP contribution in [0, 0.1) is 0 Å². The third kappa shape index (κ3) is 2.04. The summed E-state index contributed by atoms with van der Waals surface area (Å²) < 4.78 is 11.1. The van der Waals surface area contributed by atoms with Crippen LogP contribution in [0.1, 0.15) is 10.6 Å². The van der Waals surface area contributed by atoms with Gasteiger partial charge in [-0.05, 0) is 22.9 Å². The summed E-state index contributed by atoms with van der Waals surface area (Å²) in [6.45, 7) is 0. The predicted molar refractivity (Wildman–Crippen MR) is 92.7 cm³/mol. The second-order valence-electron chi connectivity index (χ2n) is 5.47. The van der Waals surface area contributed by atoms with Gasteiger partial charge >= 0.3 is 5.97 Å². The largest absolute Gasteiger partial charge is 0.496 e. The number of furan rings is 1. The molecule has 0 spiro atoms. The monoisotopic (exact) mass is 318 g/mol. The maximum Gasteiger partial charge on any atom is 0.372 e. The molecular formula is C20H14O4. The van der Waals surface area contributed by atoms with E-state index in [0.717, 1.165) is 21.7 Å². The van der Waals surface area contributed by atoms with E-state index in [1.165, 1.54) is 0 Å². The van der Waals surface area contributed by atoms with E-state index in [4.69, 9.17) is 9.15 Å². The normalized spacial score (nSPS) is 11.0. The summed E-state index contributed by atoms with van der Waals surface area (Å²) in [4.78, 5) is 11.8. The highest BCUT2D eigenvalue weighted by atomic mass is 16.5. The van der Waals surface area contributed by atoms with Crippen LogP contribution in [0.4, 0.5) is 0 Å². The van der Waals surface area contributed by atoms with Crippen molar-refractivity contribution in [1.82, 2.24) is 0 Å². The summed E-state index contributed by atoms with van der Waals surface area (Å²) in [5, 5.41) is 12.3. The van der Waals surface area contributed by atoms with Gasteiger partial charge in [0.15, 0.2) is 0 Å². The van der Waals surface area contributed by atoms with Crippen LogP contribution in [-0.2, 0) is 0 Å². The molecule has 0 amide bonds. The standard InChI is InChI=1S/C20H14O4/c1-23-16-11-10-12-6-2-3-7-13(12)17(16)18-14-8-4-5-9-15(14)24-19(18)20(21)22/h2-11H,1H3,(H,21,22). The first-order valence-electron chi connectivity index (χ1n) is 7.51. The van der Waals surface area contributed by atoms with Crippen LogP contribution in [0.5, 0.6) is 5.75 Å². The molecular weight excluding hydrogens is 304 g/mol. The average molecular weight is 318 g/mol. The van der Waals surface area contributed by atoms with Gasteiger partial charge in [-0.25, -0.2) is 4.79 Å². The summed E-state index contributed by atoms with van der Waals surface area (Å²) in [6.07, 6.45) is 0. The van der Waals surface area contributed by atoms with Crippen molar-refractivity contribution in [2.45, 2.75) is 0 Å². The maximum atomic E-state index is 11.8. The number of hydrogen-bond donors (Lipinski definition) is 1. The van der Waals surface area contributed by atoms with E-state index in [1.54, 1.807) is 13.2 Å². The van der Waals surface area contributed by atoms with Crippen molar-refractivity contribution in [3.05, 3.63) is 66.4 Å². The van der Waals surface area contributed by atoms with Crippen molar-refractivity contribution in [2.24, 2.45) is 0 Å². The van der Waals surface area contributed by atoms with Crippen molar-refractivity contribution in [1.29, 1.82) is 0 Å². The number of rotatable bonds is 3. The minimum atomic E-state index is -1.10. The summed E-state index contributed by atoms with van der Waals surface area (Å²) in [7, 11) is 1.58. The van der Waals surface area contributed by atoms with Crippen LogP contribution in [0.2, 0.25) is 0 Å². The summed E-state index contributed by atoms with van der Waals surface area (Å²) in [5.74, 6) is -0.565. The Bertz CT molecular complexity index is 1080. The van der Waals surface area contributed by atoms with E-state index < -0.39 is 5.97 Å². The molecule has 0 aliphatic carbocycles. The molecule has 24 heavy (non-hydrogen) atoms. The number of methoxy groups -OCH3 is 1. The molecule has 4 rings (SSSR count). The van der Waals surface area contributed by atoms with E-state index in [2.05, 4.69) is 0 Å². The zero-order valence-electron chi connectivity index (χ0n) is 12.9. The zero-order chi connectivity index (χ0) is 16.7. The van der Waals surface area contributed by atoms with Crippen LogP contribution >= 0.6 is 0 Å². The lowest BCUT2D eigenvalue weighted by Crippen LogP contribution is -1.98. The van der Waals surface area contributed by atoms with Crippen LogP contribution in [0.15, 0.2) is 65.1 Å². The fourth-order valence-electron chi connectivity index (χ4n) is 3.12. The van der Waals surface area contributed by atoms with E-state index in [-0.39, 0.29) is 5.76 Å². The second kappa shape index (κ2) is 5.42. The Labute approximate surface area is 137 Å². The lowest BCUT2D eigenvalue weighted by atomic mass is 9.95. The Balaban J connectivity index is 2.21. The van der Waals surface area contributed by atoms with E-state index in [1.807, 2.05) is 54.6 Å². The van der Waals surface area contributed by atoms with Crippen molar-refractivity contribution in [3.8, 4) is 16.9 Å². The molecule has 118 valence electrons. The molecule has 0 radical (unpaired) electrons. The molecule has 1 N–H and O–H groups in total. The Morgan fingerprint density at radius 2 is 1.62 bits per heavy atom. The molecule has 0 unspecified atom stereocenters. The van der Waals surface area contributed by atoms with Crippen LogP contribution < -0.4 is 4.74 Å². The lowest BCUT2D eigenvalue weighted by molar-refractivity contribution is 0.0666. The maximum absolute atomic E-state index is 11.8. The van der Waals surface area contributed by atoms with Gasteiger partial charge < -0.3 is 14.3 Å². The van der Waals surface area contributed by atoms with Gasteiger partial charge in [0.2, 0.25) is 5.76 Å². The minimum absolute atomic E-state index is 0.0779. The topological polar surface area (TPSA) is 59.7 Å². The highest BCUT2D eigenvalue weighted by molar-refractivity contribution is 6.12. The van der Waals surface area contributed by atoms with Crippen LogP contribution in [-0.4, -0.2) is 18.2 Å². The van der Waals surface area contributed by atoms with Crippen LogP contribution in [0.3, 0.4) is 0 Å². The van der Waals surface area contributed by atoms with E-state index in [9.17, 15) is 9.90 Å². The molecule has 4 aromatic rings. The third-order valence-electron chi connectivity index (χ3n) is 4.15. The molecule has 0 fully saturated rings. The molecule has 0 aliphatic rings. The predicted octanol–water partition coefficient (Wildman–Crippen LogP) is 4.96. The third-order valence-corrected chi connectivity index (χ3v) is 4.15. The molecule has 0 saturated carbocycles. The Morgan fingerprint density at radius 1 is 0.917 bits per heavy atom. The van der Waals surface area contributed by atoms with Gasteiger partial charge in [0.05, 0.1) is 7.11 Å². The first-order valence-corrected chi connectivity index (χ1v) is 7.51. The van der Waals surface area contributed by atoms with E-state index in [0.29, 0.717) is 16.9 Å². The number of ether oxygens (including phenoxy) is 1. The number of carbonyl (C=O) groups is 1. The molecule has 4 nitrogen and oxygen atoms in total. The molecule has 0 aliphatic heterocycles. The number of benzene rings is 3. The van der Waals surface area contributed by atoms with Gasteiger partial charge in [-0.1, -0.05) is 48.5 Å². The molecule has 0 saturated heterocycles. The fraction of sp³-hybridized carbons (Fsp3) is 0.0500. The van der Waals surface area contributed by atoms with Gasteiger partial charge in [0, 0.05) is 16.5 Å². The van der Waals surface area contributed by atoms with Crippen molar-refractivity contribution < 1.29 is 19.1 Å². The minimum Gasteiger partial charge on any atom is -0.496 e. The van der Waals surface area contributed by atoms with Gasteiger partial charge in [-0.15, -0.1) is 0 Å². The van der Waals surface area contributed by atoms with Crippen molar-refractivity contribution in [3.63, 3.8) is 0 Å². The second-order valence-corrected chi connectivity index (χ2v) is 5.47. The quantitative estimate of drug-likeness (QED) is 0.580. The average Bonchev–Trinajstić information content (AvgIpc) is 3.00. The highest BCUT2D eigenvalue weighted by Crippen LogP contribution is 2.43. The molecule has 1 heterocycles. The first-order chi connectivity index (χ1) is 11.7. The molecule has 3 aromatic carbocycles. The number of hydrogen-bond acceptors (Lipinski definition) is 3. The number of para-hydroxylation sites is 1. The van der Waals surface area contributed by atoms with Gasteiger partial charge in [-0.2, -0.15) is 0 Å². The molecule has 4 heteroatoms. The Morgan fingerprint density at radius 3 is 2.38 bits per heavy atom. The van der Waals surface area contributed by atoms with Gasteiger partial charge in [-0.3, -0.25) is 0 Å². The molecule has 0 atom stereocenters. The van der Waals surface area contributed by atoms with Gasteiger partial charge in [0.25, 0.3) is 0 Å². The van der Waals surface area contributed by atoms with Crippen molar-refractivity contribution in [2.75, 3.05) is 7.11 Å². The molecule has 1 aromatic heterocycles. The van der Waals surface area contributed by atoms with Gasteiger partial charge in [0.1, 0.15) is 11.3 Å². The smallest absolute Gasteiger partial charge is 0.372 e. The molecule has 0 bridgehead atoms. The first kappa shape index (κ1) is 14.3. The summed E-state index contributed by atoms with van der Waals surface area (Å²) >= 11 is 0. The fourth-order valence-corrected chi connectivity index (χ4v) is 3.12. The zero-order valence-corrected chi connectivity index (χ0v) is 12.9. The summed E-state index contributed by atoms with van der Waals surface area (Å²) in [6, 6.07) is 18.9. The van der Waals surface area contributed by atoms with Crippen molar-refractivity contribution >= 4 is 27.7 Å². The number of fused-ring (bicyclic) bond motifs is 2. The van der Waals surface area contributed by atoms with E-state index >= 15 is 0 Å². The number of aromatic carboxylic acids is 1. The van der Waals surface area contributed by atoms with Crippen LogP contribution in [0.25, 0.3) is 32.9 Å². The number of carboxylic acid groups (broad SMARTS) is 1. The Hall–Kier alpha value is -3.27. The summed E-state index contributed by atoms with van der Waals surface area (Å²) in [5.41, 5.74) is 1.82. The SMILES string of the molecule is COc1ccc2ccccc2c1-c1c(C(=O)O)oc2ccccc12. The number of carboxylic acids is 1.